The molecule has 3 rings (SSSR count). The van der Waals surface area contributed by atoms with E-state index in [-0.39, 0.29) is 30.4 Å². The zero-order chi connectivity index (χ0) is 29.3. The second-order valence-corrected chi connectivity index (χ2v) is 8.75. The highest BCUT2D eigenvalue weighted by atomic mass is 16.5. The molecule has 2 amide bonds. The number of esters is 1. The topological polar surface area (TPSA) is 94.2 Å². The van der Waals surface area contributed by atoms with Crippen LogP contribution >= 0.6 is 0 Å². The van der Waals surface area contributed by atoms with E-state index in [1.807, 2.05) is 25.7 Å². The van der Waals surface area contributed by atoms with Crippen molar-refractivity contribution in [1.29, 1.82) is 0 Å². The molecule has 40 heavy (non-hydrogen) atoms. The number of likely N-dealkylation sites (tertiary alicyclic amines) is 1. The molecule has 2 aromatic rings. The molecule has 214 valence electrons. The minimum atomic E-state index is -0.528. The zero-order valence-corrected chi connectivity index (χ0v) is 23.9. The van der Waals surface area contributed by atoms with E-state index < -0.39 is 5.97 Å². The first kappa shape index (κ1) is 31.9. The fourth-order valence-corrected chi connectivity index (χ4v) is 3.85. The normalized spacial score (nSPS) is 13.1. The van der Waals surface area contributed by atoms with Crippen LogP contribution in [-0.2, 0) is 14.3 Å². The van der Waals surface area contributed by atoms with Gasteiger partial charge in [-0.3, -0.25) is 9.59 Å². The van der Waals surface area contributed by atoms with Gasteiger partial charge in [0.1, 0.15) is 17.3 Å². The summed E-state index contributed by atoms with van der Waals surface area (Å²) in [7, 11) is 1.29. The zero-order valence-electron chi connectivity index (χ0n) is 23.9. The number of carbonyl (C=O) groups is 3. The monoisotopic (exact) mass is 548 g/mol. The van der Waals surface area contributed by atoms with E-state index in [1.165, 1.54) is 13.5 Å². The number of ether oxygens (including phenoxy) is 3. The fourth-order valence-electron chi connectivity index (χ4n) is 3.85. The first-order chi connectivity index (χ1) is 19.4. The summed E-state index contributed by atoms with van der Waals surface area (Å²) in [5, 5.41) is 2.72. The molecule has 0 spiro atoms. The number of hydrogen-bond acceptors (Lipinski definition) is 6. The van der Waals surface area contributed by atoms with Crippen molar-refractivity contribution in [3.63, 3.8) is 0 Å². The van der Waals surface area contributed by atoms with E-state index in [2.05, 4.69) is 11.9 Å². The molecule has 1 saturated heterocycles. The van der Waals surface area contributed by atoms with Gasteiger partial charge in [-0.1, -0.05) is 38.6 Å². The summed E-state index contributed by atoms with van der Waals surface area (Å²) in [5.41, 5.74) is 1.21. The Morgan fingerprint density at radius 1 is 0.950 bits per heavy atom. The molecule has 1 fully saturated rings. The molecule has 0 unspecified atom stereocenters. The van der Waals surface area contributed by atoms with Gasteiger partial charge in [0.05, 0.1) is 24.8 Å². The SMILES string of the molecule is C=C(/C=C\C(=C/C)Oc1ccc(OCC(=O)N2CCCCC2)cc1)CC(=O)Nc1ccccc1C(=O)OC.CC. The lowest BCUT2D eigenvalue weighted by Crippen LogP contribution is -2.38. The number of anilines is 1. The lowest BCUT2D eigenvalue weighted by Gasteiger charge is -2.26. The lowest BCUT2D eigenvalue weighted by atomic mass is 10.1. The standard InChI is InChI=1S/C30H34N2O6.C2H6/c1-4-23(13-12-22(2)20-28(33)31-27-11-7-6-10-26(27)30(35)36-3)38-25-16-14-24(15-17-25)37-21-29(34)32-18-8-5-9-19-32;1-2/h4,6-7,10-17H,2,5,8-9,18-21H2,1,3H3,(H,31,33);1-2H3/b13-12-,23-4+;. The Kier molecular flexibility index (Phi) is 13.8. The molecule has 1 heterocycles. The summed E-state index contributed by atoms with van der Waals surface area (Å²) in [6, 6.07) is 13.7. The maximum atomic E-state index is 12.5. The molecule has 0 radical (unpaired) electrons. The molecule has 0 atom stereocenters. The predicted molar refractivity (Wildman–Crippen MR) is 157 cm³/mol. The van der Waals surface area contributed by atoms with E-state index >= 15 is 0 Å². The quantitative estimate of drug-likeness (QED) is 0.201. The third kappa shape index (κ3) is 10.4. The summed E-state index contributed by atoms with van der Waals surface area (Å²) in [6.45, 7) is 11.4. The van der Waals surface area contributed by atoms with E-state index in [4.69, 9.17) is 14.2 Å². The van der Waals surface area contributed by atoms with Crippen molar-refractivity contribution in [2.75, 3.05) is 32.1 Å². The Morgan fingerprint density at radius 3 is 2.25 bits per heavy atom. The summed E-state index contributed by atoms with van der Waals surface area (Å²) in [6.07, 6.45) is 8.51. The molecule has 1 aliphatic heterocycles. The highest BCUT2D eigenvalue weighted by Gasteiger charge is 2.17. The minimum absolute atomic E-state index is 0.00736. The number of amides is 2. The number of methoxy groups -OCH3 is 1. The number of hydrogen-bond donors (Lipinski definition) is 1. The lowest BCUT2D eigenvalue weighted by molar-refractivity contribution is -0.134. The summed E-state index contributed by atoms with van der Waals surface area (Å²) >= 11 is 0. The van der Waals surface area contributed by atoms with Crippen molar-refractivity contribution >= 4 is 23.5 Å². The number of allylic oxidation sites excluding steroid dienone is 3. The van der Waals surface area contributed by atoms with Crippen LogP contribution in [0.2, 0.25) is 0 Å². The van der Waals surface area contributed by atoms with Gasteiger partial charge >= 0.3 is 5.97 Å². The number of rotatable bonds is 11. The van der Waals surface area contributed by atoms with Gasteiger partial charge < -0.3 is 24.4 Å². The maximum Gasteiger partial charge on any atom is 0.339 e. The Labute approximate surface area is 237 Å². The summed E-state index contributed by atoms with van der Waals surface area (Å²) in [4.78, 5) is 38.5. The van der Waals surface area contributed by atoms with Crippen molar-refractivity contribution in [3.05, 3.63) is 90.2 Å². The molecule has 0 bridgehead atoms. The number of nitrogens with one attached hydrogen (secondary N) is 1. The smallest absolute Gasteiger partial charge is 0.339 e. The maximum absolute atomic E-state index is 12.5. The average molecular weight is 549 g/mol. The van der Waals surface area contributed by atoms with Crippen molar-refractivity contribution in [2.45, 2.75) is 46.5 Å². The van der Waals surface area contributed by atoms with Crippen LogP contribution < -0.4 is 14.8 Å². The van der Waals surface area contributed by atoms with Crippen LogP contribution in [-0.4, -0.2) is 49.5 Å². The third-order valence-electron chi connectivity index (χ3n) is 5.89. The van der Waals surface area contributed by atoms with E-state index in [0.717, 1.165) is 25.9 Å². The van der Waals surface area contributed by atoms with Gasteiger partial charge in [0.15, 0.2) is 6.61 Å². The summed E-state index contributed by atoms with van der Waals surface area (Å²) < 4.78 is 16.3. The highest BCUT2D eigenvalue weighted by Crippen LogP contribution is 2.21. The number of nitrogens with zero attached hydrogens (tertiary/aromatic N) is 1. The molecule has 1 N–H and O–H groups in total. The average Bonchev–Trinajstić information content (AvgIpc) is 2.99. The van der Waals surface area contributed by atoms with Crippen LogP contribution in [0.1, 0.15) is 56.8 Å². The van der Waals surface area contributed by atoms with Gasteiger partial charge in [-0.15, -0.1) is 0 Å². The molecule has 8 nitrogen and oxygen atoms in total. The van der Waals surface area contributed by atoms with Gasteiger partial charge in [-0.05, 0) is 80.3 Å². The van der Waals surface area contributed by atoms with Crippen molar-refractivity contribution in [2.24, 2.45) is 0 Å². The van der Waals surface area contributed by atoms with Gasteiger partial charge in [-0.2, -0.15) is 0 Å². The van der Waals surface area contributed by atoms with Gasteiger partial charge in [0.2, 0.25) is 5.91 Å². The van der Waals surface area contributed by atoms with Crippen molar-refractivity contribution < 1.29 is 28.6 Å². The second-order valence-electron chi connectivity index (χ2n) is 8.75. The van der Waals surface area contributed by atoms with Gasteiger partial charge in [0.25, 0.3) is 5.91 Å². The van der Waals surface area contributed by atoms with Crippen LogP contribution in [0.15, 0.2) is 84.7 Å². The van der Waals surface area contributed by atoms with E-state index in [9.17, 15) is 14.4 Å². The second kappa shape index (κ2) is 17.3. The summed E-state index contributed by atoms with van der Waals surface area (Å²) in [5.74, 6) is 0.923. The first-order valence-electron chi connectivity index (χ1n) is 13.6. The molecule has 0 aliphatic carbocycles. The number of para-hydroxylation sites is 1. The third-order valence-corrected chi connectivity index (χ3v) is 5.89. The van der Waals surface area contributed by atoms with Crippen LogP contribution in [0.3, 0.4) is 0 Å². The number of benzene rings is 2. The first-order valence-corrected chi connectivity index (χ1v) is 13.6. The molecule has 1 aliphatic rings. The molecular formula is C32H40N2O6. The van der Waals surface area contributed by atoms with Gasteiger partial charge in [-0.25, -0.2) is 4.79 Å². The number of carbonyl (C=O) groups excluding carboxylic acids is 3. The fraction of sp³-hybridized carbons (Fsp3) is 0.344. The predicted octanol–water partition coefficient (Wildman–Crippen LogP) is 6.31. The molecule has 8 heteroatoms. The Balaban J connectivity index is 0.00000274. The van der Waals surface area contributed by atoms with Crippen LogP contribution in [0.5, 0.6) is 11.5 Å². The molecule has 0 saturated carbocycles. The molecular weight excluding hydrogens is 508 g/mol. The van der Waals surface area contributed by atoms with Crippen LogP contribution in [0, 0.1) is 0 Å². The van der Waals surface area contributed by atoms with Crippen molar-refractivity contribution in [1.82, 2.24) is 4.90 Å². The van der Waals surface area contributed by atoms with Crippen LogP contribution in [0.25, 0.3) is 0 Å². The van der Waals surface area contributed by atoms with E-state index in [1.54, 1.807) is 66.8 Å². The van der Waals surface area contributed by atoms with Crippen LogP contribution in [0.4, 0.5) is 5.69 Å². The Bertz CT molecular complexity index is 1190. The highest BCUT2D eigenvalue weighted by molar-refractivity contribution is 6.01. The largest absolute Gasteiger partial charge is 0.484 e. The van der Waals surface area contributed by atoms with Crippen molar-refractivity contribution in [3.8, 4) is 11.5 Å². The minimum Gasteiger partial charge on any atom is -0.484 e. The number of piperidine rings is 1. The Hall–Kier alpha value is -4.33. The van der Waals surface area contributed by atoms with Gasteiger partial charge in [0, 0.05) is 13.1 Å². The molecule has 2 aromatic carbocycles. The Morgan fingerprint density at radius 2 is 1.60 bits per heavy atom. The molecule has 0 aromatic heterocycles. The van der Waals surface area contributed by atoms with E-state index in [0.29, 0.717) is 28.5 Å².